The highest BCUT2D eigenvalue weighted by atomic mass is 19.1. The zero-order chi connectivity index (χ0) is 26.5. The number of para-hydroxylation sites is 2. The van der Waals surface area contributed by atoms with E-state index in [-0.39, 0.29) is 18.3 Å². The molecule has 2 aromatic rings. The van der Waals surface area contributed by atoms with E-state index < -0.39 is 6.10 Å². The Morgan fingerprint density at radius 1 is 0.857 bits per heavy atom. The number of hydrogen-bond acceptors (Lipinski definition) is 3. The highest BCUT2D eigenvalue weighted by Gasteiger charge is 2.33. The number of benzene rings is 2. The van der Waals surface area contributed by atoms with Crippen LogP contribution in [0.1, 0.15) is 91.5 Å². The second-order valence-electron chi connectivity index (χ2n) is 8.58. The van der Waals surface area contributed by atoms with Gasteiger partial charge in [-0.25, -0.2) is 4.39 Å². The first-order valence-corrected chi connectivity index (χ1v) is 13.3. The second kappa shape index (κ2) is 20.9. The number of carbonyl (C=O) groups excluding carboxylic acids is 1. The third kappa shape index (κ3) is 13.9. The van der Waals surface area contributed by atoms with Gasteiger partial charge in [0, 0.05) is 19.6 Å². The molecule has 1 N–H and O–H groups in total. The maximum atomic E-state index is 12.4. The van der Waals surface area contributed by atoms with Crippen molar-refractivity contribution in [2.75, 3.05) is 18.1 Å². The van der Waals surface area contributed by atoms with Gasteiger partial charge in [-0.3, -0.25) is 4.79 Å². The molecule has 1 amide bonds. The van der Waals surface area contributed by atoms with Crippen LogP contribution >= 0.6 is 0 Å². The number of halogens is 1. The molecule has 1 atom stereocenters. The summed E-state index contributed by atoms with van der Waals surface area (Å²) in [4.78, 5) is 14.2. The summed E-state index contributed by atoms with van der Waals surface area (Å²) >= 11 is 0. The Kier molecular flexibility index (Phi) is 19.5. The number of nitrogens with zero attached hydrogens (tertiary/aromatic N) is 1. The van der Waals surface area contributed by atoms with Crippen LogP contribution in [0.25, 0.3) is 0 Å². The fourth-order valence-electron chi connectivity index (χ4n) is 2.86. The minimum atomic E-state index is -0.554. The Hall–Kier alpha value is -2.40. The van der Waals surface area contributed by atoms with Crippen LogP contribution in [0.3, 0.4) is 0 Å². The molecule has 0 fully saturated rings. The van der Waals surface area contributed by atoms with E-state index in [4.69, 9.17) is 9.84 Å². The van der Waals surface area contributed by atoms with Gasteiger partial charge in [0.05, 0.1) is 5.69 Å². The van der Waals surface area contributed by atoms with E-state index in [0.29, 0.717) is 6.42 Å². The number of aliphatic hydroxyl groups is 1. The van der Waals surface area contributed by atoms with Gasteiger partial charge in [-0.15, -0.1) is 0 Å². The lowest BCUT2D eigenvalue weighted by molar-refractivity contribution is -0.127. The van der Waals surface area contributed by atoms with Crippen LogP contribution in [0.5, 0.6) is 5.75 Å². The number of amides is 1. The normalized spacial score (nSPS) is 13.7. The van der Waals surface area contributed by atoms with Gasteiger partial charge < -0.3 is 14.7 Å². The van der Waals surface area contributed by atoms with Crippen molar-refractivity contribution in [1.29, 1.82) is 0 Å². The van der Waals surface area contributed by atoms with Crippen LogP contribution in [0.4, 0.5) is 10.1 Å². The summed E-state index contributed by atoms with van der Waals surface area (Å²) in [7, 11) is 0. The molecule has 1 aliphatic heterocycles. The number of anilines is 1. The van der Waals surface area contributed by atoms with Crippen molar-refractivity contribution in [3.63, 3.8) is 0 Å². The molecular weight excluding hydrogens is 441 g/mol. The number of hydrogen-bond donors (Lipinski definition) is 1. The second-order valence-corrected chi connectivity index (χ2v) is 8.58. The highest BCUT2D eigenvalue weighted by Crippen LogP contribution is 2.34. The van der Waals surface area contributed by atoms with Gasteiger partial charge in [0.25, 0.3) is 5.91 Å². The molecule has 2 aromatic carbocycles. The number of rotatable bonds is 8. The summed E-state index contributed by atoms with van der Waals surface area (Å²) in [5, 5.41) is 9.03. The van der Waals surface area contributed by atoms with Crippen LogP contribution in [-0.2, 0) is 4.79 Å². The van der Waals surface area contributed by atoms with Crippen LogP contribution < -0.4 is 9.64 Å². The minimum Gasteiger partial charge on any atom is -0.478 e. The molecule has 5 heteroatoms. The van der Waals surface area contributed by atoms with Crippen molar-refractivity contribution < 1.29 is 19.0 Å². The first-order chi connectivity index (χ1) is 16.9. The summed E-state index contributed by atoms with van der Waals surface area (Å²) in [6, 6.07) is 14.0. The molecule has 0 radical (unpaired) electrons. The lowest BCUT2D eigenvalue weighted by Gasteiger charge is -2.34. The van der Waals surface area contributed by atoms with Gasteiger partial charge in [-0.1, -0.05) is 103 Å². The Balaban J connectivity index is 0.000000592. The van der Waals surface area contributed by atoms with Crippen LogP contribution in [0.2, 0.25) is 0 Å². The molecular formula is C30H48FNO3. The fourth-order valence-corrected chi connectivity index (χ4v) is 2.86. The van der Waals surface area contributed by atoms with E-state index in [1.165, 1.54) is 37.8 Å². The monoisotopic (exact) mass is 489 g/mol. The SMILES string of the molecule is CCCC.CCCC.CCCCCN1C(=O)C(CCO)Oc2ccccc21.Cc1ccc(F)cc1. The number of carbonyl (C=O) groups is 1. The van der Waals surface area contributed by atoms with Gasteiger partial charge in [0.2, 0.25) is 0 Å². The van der Waals surface area contributed by atoms with Gasteiger partial charge in [-0.2, -0.15) is 0 Å². The fraction of sp³-hybridized carbons (Fsp3) is 0.567. The van der Waals surface area contributed by atoms with Crippen LogP contribution in [-0.4, -0.2) is 30.3 Å². The number of aryl methyl sites for hydroxylation is 1. The lowest BCUT2D eigenvalue weighted by Crippen LogP contribution is -2.46. The van der Waals surface area contributed by atoms with Gasteiger partial charge in [0.15, 0.2) is 6.10 Å². The van der Waals surface area contributed by atoms with Crippen molar-refractivity contribution >= 4 is 11.6 Å². The maximum absolute atomic E-state index is 12.4. The molecule has 198 valence electrons. The molecule has 1 aliphatic rings. The Bertz CT molecular complexity index is 750. The average molecular weight is 490 g/mol. The third-order valence-corrected chi connectivity index (χ3v) is 5.35. The predicted molar refractivity (Wildman–Crippen MR) is 147 cm³/mol. The van der Waals surface area contributed by atoms with E-state index in [1.54, 1.807) is 17.0 Å². The predicted octanol–water partition coefficient (Wildman–Crippen LogP) is 8.10. The molecule has 0 saturated carbocycles. The van der Waals surface area contributed by atoms with Crippen LogP contribution in [0, 0.1) is 12.7 Å². The van der Waals surface area contributed by atoms with E-state index >= 15 is 0 Å². The smallest absolute Gasteiger partial charge is 0.268 e. The standard InChI is InChI=1S/C15H21NO3.C7H7F.2C4H10/c1-2-3-6-10-16-12-7-4-5-8-13(12)19-14(9-11-17)15(16)18;1-6-2-4-7(8)5-3-6;2*1-3-4-2/h4-5,7-8,14,17H,2-3,6,9-11H2,1H3;2-5H,1H3;2*3-4H2,1-2H3. The van der Waals surface area contributed by atoms with Gasteiger partial charge >= 0.3 is 0 Å². The van der Waals surface area contributed by atoms with Crippen molar-refractivity contribution in [2.24, 2.45) is 0 Å². The zero-order valence-electron chi connectivity index (χ0n) is 22.9. The number of unbranched alkanes of at least 4 members (excludes halogenated alkanes) is 4. The Morgan fingerprint density at radius 2 is 1.43 bits per heavy atom. The minimum absolute atomic E-state index is 0.0381. The largest absolute Gasteiger partial charge is 0.478 e. The summed E-state index contributed by atoms with van der Waals surface area (Å²) in [6.07, 6.45) is 8.29. The first-order valence-electron chi connectivity index (χ1n) is 13.3. The molecule has 0 aliphatic carbocycles. The van der Waals surface area contributed by atoms with Crippen molar-refractivity contribution in [3.8, 4) is 5.75 Å². The van der Waals surface area contributed by atoms with Crippen molar-refractivity contribution in [2.45, 2.75) is 99.0 Å². The van der Waals surface area contributed by atoms with E-state index in [0.717, 1.165) is 42.8 Å². The quantitative estimate of drug-likeness (QED) is 0.381. The van der Waals surface area contributed by atoms with Crippen molar-refractivity contribution in [1.82, 2.24) is 0 Å². The van der Waals surface area contributed by atoms with E-state index in [1.807, 2.05) is 31.2 Å². The maximum Gasteiger partial charge on any atom is 0.268 e. The number of ether oxygens (including phenoxy) is 1. The van der Waals surface area contributed by atoms with Crippen molar-refractivity contribution in [3.05, 3.63) is 59.9 Å². The third-order valence-electron chi connectivity index (χ3n) is 5.35. The van der Waals surface area contributed by atoms with Gasteiger partial charge in [0.1, 0.15) is 11.6 Å². The van der Waals surface area contributed by atoms with E-state index in [2.05, 4.69) is 34.6 Å². The number of fused-ring (bicyclic) bond motifs is 1. The molecule has 0 bridgehead atoms. The van der Waals surface area contributed by atoms with Gasteiger partial charge in [-0.05, 0) is 37.6 Å². The lowest BCUT2D eigenvalue weighted by atomic mass is 10.1. The molecule has 0 spiro atoms. The topological polar surface area (TPSA) is 49.8 Å². The summed E-state index contributed by atoms with van der Waals surface area (Å²) in [5.41, 5.74) is 1.93. The van der Waals surface area contributed by atoms with E-state index in [9.17, 15) is 9.18 Å². The first kappa shape index (κ1) is 32.6. The molecule has 1 unspecified atom stereocenters. The summed E-state index contributed by atoms with van der Waals surface area (Å²) in [6.45, 7) is 13.5. The summed E-state index contributed by atoms with van der Waals surface area (Å²) in [5.74, 6) is 0.525. The average Bonchev–Trinajstić information content (AvgIpc) is 2.88. The molecule has 1 heterocycles. The number of aliphatic hydroxyl groups excluding tert-OH is 1. The molecule has 35 heavy (non-hydrogen) atoms. The van der Waals surface area contributed by atoms with Crippen LogP contribution in [0.15, 0.2) is 48.5 Å². The Morgan fingerprint density at radius 3 is 1.91 bits per heavy atom. The molecule has 3 rings (SSSR count). The highest BCUT2D eigenvalue weighted by molar-refractivity contribution is 5.99. The Labute approximate surface area is 213 Å². The molecule has 4 nitrogen and oxygen atoms in total. The molecule has 0 saturated heterocycles. The molecule has 0 aromatic heterocycles. The zero-order valence-corrected chi connectivity index (χ0v) is 22.9. The summed E-state index contributed by atoms with van der Waals surface area (Å²) < 4.78 is 17.8.